The standard InChI is InChI=1S/C15H15BrN2O3/c1-20-12-7-8-14(21-2)13(9-12)18-15(19)17-11-5-3-10(16)4-6-11/h3-9H,1-2H3,(H2,17,18,19). The van der Waals surface area contributed by atoms with Crippen LogP contribution in [0.4, 0.5) is 16.2 Å². The fourth-order valence-electron chi connectivity index (χ4n) is 1.73. The number of methoxy groups -OCH3 is 2. The molecule has 5 nitrogen and oxygen atoms in total. The Hall–Kier alpha value is -2.21. The van der Waals surface area contributed by atoms with Gasteiger partial charge < -0.3 is 20.1 Å². The van der Waals surface area contributed by atoms with Crippen LogP contribution in [0.3, 0.4) is 0 Å². The SMILES string of the molecule is COc1ccc(OC)c(NC(=O)Nc2ccc(Br)cc2)c1. The number of carbonyl (C=O) groups is 1. The first-order valence-corrected chi connectivity index (χ1v) is 6.97. The van der Waals surface area contributed by atoms with Gasteiger partial charge in [-0.05, 0) is 36.4 Å². The maximum absolute atomic E-state index is 12.0. The molecule has 0 radical (unpaired) electrons. The molecular weight excluding hydrogens is 336 g/mol. The lowest BCUT2D eigenvalue weighted by atomic mass is 10.2. The minimum atomic E-state index is -0.358. The summed E-state index contributed by atoms with van der Waals surface area (Å²) in [4.78, 5) is 12.0. The highest BCUT2D eigenvalue weighted by Gasteiger charge is 2.09. The van der Waals surface area contributed by atoms with Gasteiger partial charge in [0.1, 0.15) is 11.5 Å². The maximum Gasteiger partial charge on any atom is 0.323 e. The highest BCUT2D eigenvalue weighted by atomic mass is 79.9. The van der Waals surface area contributed by atoms with Gasteiger partial charge in [-0.3, -0.25) is 0 Å². The molecule has 0 saturated carbocycles. The Bertz CT molecular complexity index is 629. The summed E-state index contributed by atoms with van der Waals surface area (Å²) in [5.74, 6) is 1.19. The molecule has 0 unspecified atom stereocenters. The zero-order valence-corrected chi connectivity index (χ0v) is 13.2. The number of urea groups is 1. The topological polar surface area (TPSA) is 59.6 Å². The monoisotopic (exact) mass is 350 g/mol. The molecule has 2 aromatic rings. The van der Waals surface area contributed by atoms with Crippen LogP contribution >= 0.6 is 15.9 Å². The summed E-state index contributed by atoms with van der Waals surface area (Å²) in [6.45, 7) is 0. The first kappa shape index (κ1) is 15.2. The predicted molar refractivity (Wildman–Crippen MR) is 86.3 cm³/mol. The van der Waals surface area contributed by atoms with Crippen molar-refractivity contribution >= 4 is 33.3 Å². The molecule has 21 heavy (non-hydrogen) atoms. The Morgan fingerprint density at radius 1 is 1.00 bits per heavy atom. The molecule has 0 heterocycles. The molecule has 2 N–H and O–H groups in total. The normalized spacial score (nSPS) is 9.86. The van der Waals surface area contributed by atoms with Gasteiger partial charge in [0.05, 0.1) is 19.9 Å². The number of hydrogen-bond donors (Lipinski definition) is 2. The lowest BCUT2D eigenvalue weighted by molar-refractivity contribution is 0.262. The van der Waals surface area contributed by atoms with E-state index < -0.39 is 0 Å². The molecule has 0 saturated heterocycles. The van der Waals surface area contributed by atoms with E-state index in [1.54, 1.807) is 44.6 Å². The van der Waals surface area contributed by atoms with Crippen LogP contribution in [-0.4, -0.2) is 20.3 Å². The minimum absolute atomic E-state index is 0.358. The van der Waals surface area contributed by atoms with Crippen LogP contribution in [0.5, 0.6) is 11.5 Å². The van der Waals surface area contributed by atoms with Gasteiger partial charge in [-0.1, -0.05) is 15.9 Å². The zero-order valence-electron chi connectivity index (χ0n) is 11.6. The molecular formula is C15H15BrN2O3. The van der Waals surface area contributed by atoms with Crippen molar-refractivity contribution < 1.29 is 14.3 Å². The third kappa shape index (κ3) is 4.13. The minimum Gasteiger partial charge on any atom is -0.497 e. The third-order valence-electron chi connectivity index (χ3n) is 2.76. The summed E-state index contributed by atoms with van der Waals surface area (Å²) in [5, 5.41) is 5.47. The molecule has 0 spiro atoms. The van der Waals surface area contributed by atoms with Crippen molar-refractivity contribution in [3.63, 3.8) is 0 Å². The van der Waals surface area contributed by atoms with Crippen molar-refractivity contribution in [3.05, 3.63) is 46.9 Å². The quantitative estimate of drug-likeness (QED) is 0.872. The molecule has 0 aliphatic carbocycles. The Balaban J connectivity index is 2.09. The Morgan fingerprint density at radius 2 is 1.71 bits per heavy atom. The zero-order chi connectivity index (χ0) is 15.2. The van der Waals surface area contributed by atoms with E-state index in [0.717, 1.165) is 4.47 Å². The molecule has 2 aromatic carbocycles. The highest BCUT2D eigenvalue weighted by Crippen LogP contribution is 2.29. The van der Waals surface area contributed by atoms with Crippen molar-refractivity contribution in [2.24, 2.45) is 0 Å². The fourth-order valence-corrected chi connectivity index (χ4v) is 1.99. The van der Waals surface area contributed by atoms with Crippen molar-refractivity contribution in [2.75, 3.05) is 24.9 Å². The molecule has 2 amide bonds. The van der Waals surface area contributed by atoms with E-state index >= 15 is 0 Å². The van der Waals surface area contributed by atoms with E-state index in [4.69, 9.17) is 9.47 Å². The van der Waals surface area contributed by atoms with Crippen LogP contribution in [-0.2, 0) is 0 Å². The summed E-state index contributed by atoms with van der Waals surface area (Å²) in [7, 11) is 3.10. The molecule has 0 atom stereocenters. The number of carbonyl (C=O) groups excluding carboxylic acids is 1. The number of rotatable bonds is 4. The highest BCUT2D eigenvalue weighted by molar-refractivity contribution is 9.10. The van der Waals surface area contributed by atoms with Gasteiger partial charge in [0.2, 0.25) is 0 Å². The number of amides is 2. The lowest BCUT2D eigenvalue weighted by Crippen LogP contribution is -2.19. The van der Waals surface area contributed by atoms with Crippen LogP contribution in [0.25, 0.3) is 0 Å². The largest absolute Gasteiger partial charge is 0.497 e. The van der Waals surface area contributed by atoms with Crippen LogP contribution in [0.1, 0.15) is 0 Å². The first-order chi connectivity index (χ1) is 10.1. The number of hydrogen-bond acceptors (Lipinski definition) is 3. The van der Waals surface area contributed by atoms with Crippen LogP contribution in [0, 0.1) is 0 Å². The van der Waals surface area contributed by atoms with Gasteiger partial charge in [-0.2, -0.15) is 0 Å². The van der Waals surface area contributed by atoms with E-state index in [2.05, 4.69) is 26.6 Å². The molecule has 2 rings (SSSR count). The van der Waals surface area contributed by atoms with Gasteiger partial charge in [0.25, 0.3) is 0 Å². The van der Waals surface area contributed by atoms with E-state index in [0.29, 0.717) is 22.9 Å². The molecule has 0 aromatic heterocycles. The summed E-state index contributed by atoms with van der Waals surface area (Å²) in [5.41, 5.74) is 1.23. The summed E-state index contributed by atoms with van der Waals surface area (Å²) in [6.07, 6.45) is 0. The first-order valence-electron chi connectivity index (χ1n) is 6.18. The number of nitrogens with one attached hydrogen (secondary N) is 2. The van der Waals surface area contributed by atoms with Gasteiger partial charge in [0.15, 0.2) is 0 Å². The average Bonchev–Trinajstić information content (AvgIpc) is 2.49. The van der Waals surface area contributed by atoms with Gasteiger partial charge in [0, 0.05) is 16.2 Å². The summed E-state index contributed by atoms with van der Waals surface area (Å²) < 4.78 is 11.3. The average molecular weight is 351 g/mol. The molecule has 6 heteroatoms. The van der Waals surface area contributed by atoms with E-state index in [1.165, 1.54) is 0 Å². The third-order valence-corrected chi connectivity index (χ3v) is 3.29. The van der Waals surface area contributed by atoms with E-state index in [1.807, 2.05) is 12.1 Å². The second-order valence-electron chi connectivity index (χ2n) is 4.15. The van der Waals surface area contributed by atoms with Crippen molar-refractivity contribution in [2.45, 2.75) is 0 Å². The maximum atomic E-state index is 12.0. The second-order valence-corrected chi connectivity index (χ2v) is 5.07. The second kappa shape index (κ2) is 6.99. The Labute approximate surface area is 131 Å². The molecule has 0 fully saturated rings. The van der Waals surface area contributed by atoms with E-state index in [9.17, 15) is 4.79 Å². The fraction of sp³-hybridized carbons (Fsp3) is 0.133. The smallest absolute Gasteiger partial charge is 0.323 e. The Morgan fingerprint density at radius 3 is 2.33 bits per heavy atom. The van der Waals surface area contributed by atoms with Crippen LogP contribution in [0.15, 0.2) is 46.9 Å². The summed E-state index contributed by atoms with van der Waals surface area (Å²) >= 11 is 3.34. The van der Waals surface area contributed by atoms with Crippen molar-refractivity contribution in [3.8, 4) is 11.5 Å². The predicted octanol–water partition coefficient (Wildman–Crippen LogP) is 4.11. The Kier molecular flexibility index (Phi) is 5.05. The van der Waals surface area contributed by atoms with E-state index in [-0.39, 0.29) is 6.03 Å². The number of ether oxygens (including phenoxy) is 2. The molecule has 110 valence electrons. The molecule has 0 bridgehead atoms. The van der Waals surface area contributed by atoms with Crippen molar-refractivity contribution in [1.29, 1.82) is 0 Å². The van der Waals surface area contributed by atoms with Crippen LogP contribution in [0.2, 0.25) is 0 Å². The van der Waals surface area contributed by atoms with Crippen molar-refractivity contribution in [1.82, 2.24) is 0 Å². The van der Waals surface area contributed by atoms with Crippen LogP contribution < -0.4 is 20.1 Å². The summed E-state index contributed by atoms with van der Waals surface area (Å²) in [6, 6.07) is 12.1. The van der Waals surface area contributed by atoms with Gasteiger partial charge in [-0.25, -0.2) is 4.79 Å². The number of halogens is 1. The van der Waals surface area contributed by atoms with Gasteiger partial charge in [-0.15, -0.1) is 0 Å². The van der Waals surface area contributed by atoms with Gasteiger partial charge >= 0.3 is 6.03 Å². The molecule has 0 aliphatic rings. The number of anilines is 2. The lowest BCUT2D eigenvalue weighted by Gasteiger charge is -2.12. The number of benzene rings is 2. The molecule has 0 aliphatic heterocycles.